The molecule has 35 heavy (non-hydrogen) atoms. The molecule has 0 aliphatic carbocycles. The molecule has 0 spiro atoms. The zero-order valence-corrected chi connectivity index (χ0v) is 21.9. The van der Waals surface area contributed by atoms with Gasteiger partial charge in [0.25, 0.3) is 0 Å². The maximum absolute atomic E-state index is 5.83. The molecule has 1 aromatic carbocycles. The molecule has 184 valence electrons. The first-order valence-electron chi connectivity index (χ1n) is 12.5. The van der Waals surface area contributed by atoms with Crippen molar-refractivity contribution >= 4 is 23.0 Å². The molecule has 0 bridgehead atoms. The van der Waals surface area contributed by atoms with Crippen molar-refractivity contribution in [3.8, 4) is 5.69 Å². The van der Waals surface area contributed by atoms with Crippen LogP contribution in [0, 0.1) is 19.8 Å². The molecule has 0 amide bonds. The fourth-order valence-corrected chi connectivity index (χ4v) is 5.77. The summed E-state index contributed by atoms with van der Waals surface area (Å²) in [5, 5.41) is 4.39. The van der Waals surface area contributed by atoms with Crippen LogP contribution in [0.2, 0.25) is 0 Å². The Labute approximate surface area is 213 Å². The Morgan fingerprint density at radius 1 is 1.06 bits per heavy atom. The van der Waals surface area contributed by atoms with Crippen molar-refractivity contribution in [3.05, 3.63) is 77.4 Å². The van der Waals surface area contributed by atoms with Gasteiger partial charge in [-0.1, -0.05) is 19.9 Å². The predicted octanol–water partition coefficient (Wildman–Crippen LogP) is 4.95. The van der Waals surface area contributed by atoms with Gasteiger partial charge in [-0.2, -0.15) is 0 Å². The Hall–Kier alpha value is -2.90. The zero-order valence-electron chi connectivity index (χ0n) is 21.1. The summed E-state index contributed by atoms with van der Waals surface area (Å²) >= 11 is 5.83. The zero-order chi connectivity index (χ0) is 24.5. The molecule has 0 radical (unpaired) electrons. The predicted molar refractivity (Wildman–Crippen MR) is 145 cm³/mol. The highest BCUT2D eigenvalue weighted by molar-refractivity contribution is 7.80. The number of hydrogen-bond acceptors (Lipinski definition) is 4. The van der Waals surface area contributed by atoms with Crippen molar-refractivity contribution in [3.63, 3.8) is 0 Å². The third-order valence-corrected chi connectivity index (χ3v) is 7.39. The number of aryl methyl sites for hydroxylation is 1. The van der Waals surface area contributed by atoms with Crippen LogP contribution in [-0.2, 0) is 4.74 Å². The molecule has 1 N–H and O–H groups in total. The molecule has 2 saturated heterocycles. The van der Waals surface area contributed by atoms with Crippen LogP contribution in [0.3, 0.4) is 0 Å². The van der Waals surface area contributed by atoms with E-state index in [-0.39, 0.29) is 12.1 Å². The fraction of sp³-hybridized carbons (Fsp3) is 0.429. The van der Waals surface area contributed by atoms with Gasteiger partial charge < -0.3 is 24.4 Å². The smallest absolute Gasteiger partial charge is 0.170 e. The van der Waals surface area contributed by atoms with E-state index in [2.05, 4.69) is 94.8 Å². The number of aromatic nitrogens is 2. The van der Waals surface area contributed by atoms with E-state index in [9.17, 15) is 0 Å². The number of morpholine rings is 1. The first-order chi connectivity index (χ1) is 16.9. The third kappa shape index (κ3) is 4.67. The number of anilines is 1. The molecular weight excluding hydrogens is 454 g/mol. The van der Waals surface area contributed by atoms with Gasteiger partial charge in [0.15, 0.2) is 5.11 Å². The minimum atomic E-state index is 0.0140. The highest BCUT2D eigenvalue weighted by Crippen LogP contribution is 2.41. The third-order valence-electron chi connectivity index (χ3n) is 7.03. The molecule has 7 heteroatoms. The second-order valence-corrected chi connectivity index (χ2v) is 10.3. The number of rotatable bonds is 6. The lowest BCUT2D eigenvalue weighted by molar-refractivity contribution is 0.122. The van der Waals surface area contributed by atoms with Crippen molar-refractivity contribution < 1.29 is 4.74 Å². The van der Waals surface area contributed by atoms with Gasteiger partial charge in [-0.15, -0.1) is 0 Å². The van der Waals surface area contributed by atoms with Crippen LogP contribution in [0.1, 0.15) is 48.6 Å². The molecule has 2 aliphatic rings. The van der Waals surface area contributed by atoms with Crippen LogP contribution in [-0.4, -0.2) is 52.4 Å². The number of ether oxygens (including phenoxy) is 1. The normalized spacial score (nSPS) is 20.5. The monoisotopic (exact) mass is 489 g/mol. The second-order valence-electron chi connectivity index (χ2n) is 9.95. The van der Waals surface area contributed by atoms with Gasteiger partial charge in [-0.25, -0.2) is 0 Å². The molecular formula is C28H35N5OS. The average Bonchev–Trinajstić information content (AvgIpc) is 3.34. The molecule has 2 aliphatic heterocycles. The van der Waals surface area contributed by atoms with Gasteiger partial charge in [0, 0.05) is 48.6 Å². The Bertz CT molecular complexity index is 1170. The number of nitrogens with one attached hydrogen (secondary N) is 1. The lowest BCUT2D eigenvalue weighted by Crippen LogP contribution is -2.36. The number of hydrogen-bond donors (Lipinski definition) is 1. The largest absolute Gasteiger partial charge is 0.378 e. The van der Waals surface area contributed by atoms with Crippen LogP contribution in [0.4, 0.5) is 5.69 Å². The van der Waals surface area contributed by atoms with E-state index in [1.165, 1.54) is 28.3 Å². The number of benzene rings is 1. The molecule has 2 atom stereocenters. The maximum atomic E-state index is 5.83. The molecule has 2 unspecified atom stereocenters. The molecule has 3 aromatic rings. The van der Waals surface area contributed by atoms with E-state index in [1.807, 2.05) is 12.3 Å². The molecule has 2 fully saturated rings. The summed E-state index contributed by atoms with van der Waals surface area (Å²) in [6.45, 7) is 13.3. The summed E-state index contributed by atoms with van der Waals surface area (Å²) in [7, 11) is 0. The first kappa shape index (κ1) is 23.8. The topological polar surface area (TPSA) is 45.6 Å². The van der Waals surface area contributed by atoms with Crippen LogP contribution < -0.4 is 10.2 Å². The first-order valence-corrected chi connectivity index (χ1v) is 12.9. The average molecular weight is 490 g/mol. The minimum Gasteiger partial charge on any atom is -0.378 e. The number of pyridine rings is 1. The molecule has 6 nitrogen and oxygen atoms in total. The second kappa shape index (κ2) is 9.99. The Morgan fingerprint density at radius 3 is 2.43 bits per heavy atom. The van der Waals surface area contributed by atoms with E-state index in [4.69, 9.17) is 17.0 Å². The SMILES string of the molecule is Cc1cc(C2C(c3ccccn3)NC(=S)N2CC(C)C)c(C)n1-c1ccc(N2CCOCC2)cc1. The van der Waals surface area contributed by atoms with Gasteiger partial charge in [-0.3, -0.25) is 4.98 Å². The van der Waals surface area contributed by atoms with Crippen molar-refractivity contribution in [1.82, 2.24) is 19.8 Å². The van der Waals surface area contributed by atoms with E-state index < -0.39 is 0 Å². The van der Waals surface area contributed by atoms with Gasteiger partial charge in [-0.05, 0) is 80.0 Å². The Kier molecular flexibility index (Phi) is 6.80. The Balaban J connectivity index is 1.51. The lowest BCUT2D eigenvalue weighted by Gasteiger charge is -2.29. The van der Waals surface area contributed by atoms with E-state index in [0.717, 1.165) is 43.7 Å². The van der Waals surface area contributed by atoms with E-state index >= 15 is 0 Å². The van der Waals surface area contributed by atoms with Crippen molar-refractivity contribution in [2.45, 2.75) is 39.8 Å². The molecule has 2 aromatic heterocycles. The van der Waals surface area contributed by atoms with Crippen LogP contribution in [0.25, 0.3) is 5.69 Å². The summed E-state index contributed by atoms with van der Waals surface area (Å²) in [6, 6.07) is 17.5. The number of thiocarbonyl (C=S) groups is 1. The van der Waals surface area contributed by atoms with Gasteiger partial charge in [0.05, 0.1) is 31.0 Å². The quantitative estimate of drug-likeness (QED) is 0.494. The van der Waals surface area contributed by atoms with Crippen molar-refractivity contribution in [2.75, 3.05) is 37.7 Å². The minimum absolute atomic E-state index is 0.0140. The molecule has 4 heterocycles. The summed E-state index contributed by atoms with van der Waals surface area (Å²) < 4.78 is 7.87. The summed E-state index contributed by atoms with van der Waals surface area (Å²) in [4.78, 5) is 9.43. The van der Waals surface area contributed by atoms with E-state index in [1.54, 1.807) is 0 Å². The van der Waals surface area contributed by atoms with Crippen LogP contribution in [0.5, 0.6) is 0 Å². The highest BCUT2D eigenvalue weighted by atomic mass is 32.1. The highest BCUT2D eigenvalue weighted by Gasteiger charge is 2.41. The maximum Gasteiger partial charge on any atom is 0.170 e. The van der Waals surface area contributed by atoms with E-state index in [0.29, 0.717) is 5.92 Å². The molecule has 5 rings (SSSR count). The molecule has 0 saturated carbocycles. The summed E-state index contributed by atoms with van der Waals surface area (Å²) in [5.41, 5.74) is 7.21. The number of nitrogens with zero attached hydrogens (tertiary/aromatic N) is 4. The van der Waals surface area contributed by atoms with Crippen molar-refractivity contribution in [1.29, 1.82) is 0 Å². The van der Waals surface area contributed by atoms with Gasteiger partial charge >= 0.3 is 0 Å². The van der Waals surface area contributed by atoms with Crippen molar-refractivity contribution in [2.24, 2.45) is 5.92 Å². The standard InChI is InChI=1S/C28H35N5OS/c1-19(2)18-32-27(26(30-28(32)35)25-7-5-6-12-29-25)24-17-20(3)33(21(24)4)23-10-8-22(9-11-23)31-13-15-34-16-14-31/h5-12,17,19,26-27H,13-16,18H2,1-4H3,(H,30,35). The van der Waals surface area contributed by atoms with Crippen LogP contribution >= 0.6 is 12.2 Å². The lowest BCUT2D eigenvalue weighted by atomic mass is 9.96. The van der Waals surface area contributed by atoms with Gasteiger partial charge in [0.2, 0.25) is 0 Å². The van der Waals surface area contributed by atoms with Crippen LogP contribution in [0.15, 0.2) is 54.7 Å². The fourth-order valence-electron chi connectivity index (χ4n) is 5.45. The van der Waals surface area contributed by atoms with Gasteiger partial charge in [0.1, 0.15) is 0 Å². The summed E-state index contributed by atoms with van der Waals surface area (Å²) in [5.74, 6) is 0.496. The summed E-state index contributed by atoms with van der Waals surface area (Å²) in [6.07, 6.45) is 1.86. The Morgan fingerprint density at radius 2 is 1.77 bits per heavy atom.